The fraction of sp³-hybridized carbons (Fsp3) is 0.562. The van der Waals surface area contributed by atoms with Crippen molar-refractivity contribution in [1.29, 1.82) is 0 Å². The maximum atomic E-state index is 4.10. The van der Waals surface area contributed by atoms with Gasteiger partial charge in [-0.3, -0.25) is 4.98 Å². The molecular weight excluding hydrogens is 206 g/mol. The van der Waals surface area contributed by atoms with Crippen LogP contribution in [0.15, 0.2) is 30.6 Å². The molecule has 0 spiro atoms. The Hall–Kier alpha value is -1.11. The molecular formula is C16H23N. The zero-order chi connectivity index (χ0) is 12.3. The third-order valence-electron chi connectivity index (χ3n) is 3.82. The average Bonchev–Trinajstić information content (AvgIpc) is 2.72. The van der Waals surface area contributed by atoms with Gasteiger partial charge in [0.15, 0.2) is 0 Å². The van der Waals surface area contributed by atoms with E-state index in [4.69, 9.17) is 0 Å². The third-order valence-corrected chi connectivity index (χ3v) is 3.82. The first-order valence-corrected chi connectivity index (χ1v) is 6.81. The van der Waals surface area contributed by atoms with Crippen LogP contribution in [0.1, 0.15) is 45.6 Å². The van der Waals surface area contributed by atoms with Crippen LogP contribution < -0.4 is 0 Å². The molecule has 0 radical (unpaired) electrons. The second kappa shape index (κ2) is 5.48. The summed E-state index contributed by atoms with van der Waals surface area (Å²) in [4.78, 5) is 4.10. The molecule has 0 saturated heterocycles. The summed E-state index contributed by atoms with van der Waals surface area (Å²) in [7, 11) is 0. The monoisotopic (exact) mass is 229 g/mol. The highest BCUT2D eigenvalue weighted by atomic mass is 14.6. The van der Waals surface area contributed by atoms with Crippen LogP contribution in [-0.2, 0) is 0 Å². The van der Waals surface area contributed by atoms with Gasteiger partial charge in [0, 0.05) is 12.4 Å². The fourth-order valence-corrected chi connectivity index (χ4v) is 2.93. The van der Waals surface area contributed by atoms with Crippen molar-refractivity contribution < 1.29 is 0 Å². The fourth-order valence-electron chi connectivity index (χ4n) is 2.93. The molecule has 0 N–H and O–H groups in total. The Labute approximate surface area is 105 Å². The molecule has 0 aromatic carbocycles. The molecule has 1 aromatic rings. The van der Waals surface area contributed by atoms with Crippen LogP contribution in [0, 0.1) is 17.8 Å². The van der Waals surface area contributed by atoms with Crippen molar-refractivity contribution in [2.45, 2.75) is 40.0 Å². The lowest BCUT2D eigenvalue weighted by molar-refractivity contribution is 0.350. The maximum absolute atomic E-state index is 4.10. The molecule has 0 unspecified atom stereocenters. The lowest BCUT2D eigenvalue weighted by atomic mass is 9.86. The highest BCUT2D eigenvalue weighted by Crippen LogP contribution is 2.40. The molecule has 1 heterocycles. The Bertz CT molecular complexity index is 378. The summed E-state index contributed by atoms with van der Waals surface area (Å²) in [5, 5.41) is 0. The van der Waals surface area contributed by atoms with Gasteiger partial charge in [-0.05, 0) is 53.9 Å². The molecule has 17 heavy (non-hydrogen) atoms. The van der Waals surface area contributed by atoms with Crippen LogP contribution in [0.3, 0.4) is 0 Å². The summed E-state index contributed by atoms with van der Waals surface area (Å²) in [5.41, 5.74) is 2.90. The summed E-state index contributed by atoms with van der Waals surface area (Å²) in [5.74, 6) is 2.42. The van der Waals surface area contributed by atoms with Crippen molar-refractivity contribution in [2.75, 3.05) is 0 Å². The molecule has 1 aromatic heterocycles. The molecule has 0 saturated carbocycles. The number of aromatic nitrogens is 1. The van der Waals surface area contributed by atoms with Crippen LogP contribution in [0.25, 0.3) is 5.57 Å². The third kappa shape index (κ3) is 2.96. The minimum Gasteiger partial charge on any atom is -0.265 e. The van der Waals surface area contributed by atoms with Crippen molar-refractivity contribution in [1.82, 2.24) is 4.98 Å². The summed E-state index contributed by atoms with van der Waals surface area (Å²) in [6.45, 7) is 6.97. The first-order chi connectivity index (χ1) is 8.20. The van der Waals surface area contributed by atoms with Gasteiger partial charge in [-0.2, -0.15) is 0 Å². The van der Waals surface area contributed by atoms with Gasteiger partial charge in [-0.25, -0.2) is 0 Å². The van der Waals surface area contributed by atoms with E-state index in [2.05, 4.69) is 44.0 Å². The largest absolute Gasteiger partial charge is 0.265 e. The van der Waals surface area contributed by atoms with Gasteiger partial charge in [0.25, 0.3) is 0 Å². The minimum absolute atomic E-state index is 0.781. The lowest BCUT2D eigenvalue weighted by Crippen LogP contribution is -2.09. The molecule has 0 fully saturated rings. The molecule has 92 valence electrons. The van der Waals surface area contributed by atoms with E-state index in [-0.39, 0.29) is 0 Å². The van der Waals surface area contributed by atoms with E-state index in [1.165, 1.54) is 30.4 Å². The standard InChI is InChI=1S/C16H23N/c1-4-13-10-16(11-15(13)9-12(2)3)14-5-7-17-8-6-14/h5-8,11-13,15H,4,9-10H2,1-3H3/t13-,15+/m1/s1. The number of rotatable bonds is 4. The van der Waals surface area contributed by atoms with Gasteiger partial charge >= 0.3 is 0 Å². The SMILES string of the molecule is CC[C@@H]1CC(c2ccncc2)=C[C@@H]1CC(C)C. The first kappa shape index (κ1) is 12.3. The van der Waals surface area contributed by atoms with Crippen LogP contribution in [0.4, 0.5) is 0 Å². The zero-order valence-corrected chi connectivity index (χ0v) is 11.2. The highest BCUT2D eigenvalue weighted by molar-refractivity contribution is 5.67. The van der Waals surface area contributed by atoms with E-state index in [9.17, 15) is 0 Å². The van der Waals surface area contributed by atoms with Gasteiger partial charge in [0.05, 0.1) is 0 Å². The highest BCUT2D eigenvalue weighted by Gasteiger charge is 2.26. The van der Waals surface area contributed by atoms with Crippen LogP contribution in [-0.4, -0.2) is 4.98 Å². The van der Waals surface area contributed by atoms with E-state index in [1.807, 2.05) is 12.4 Å². The van der Waals surface area contributed by atoms with E-state index in [0.29, 0.717) is 0 Å². The Morgan fingerprint density at radius 3 is 2.59 bits per heavy atom. The van der Waals surface area contributed by atoms with Crippen molar-refractivity contribution in [3.8, 4) is 0 Å². The van der Waals surface area contributed by atoms with Crippen LogP contribution in [0.2, 0.25) is 0 Å². The molecule has 1 nitrogen and oxygen atoms in total. The van der Waals surface area contributed by atoms with Crippen molar-refractivity contribution in [3.63, 3.8) is 0 Å². The predicted octanol–water partition coefficient (Wildman–Crippen LogP) is 4.56. The molecule has 1 aliphatic carbocycles. The van der Waals surface area contributed by atoms with Gasteiger partial charge in [0.1, 0.15) is 0 Å². The number of pyridine rings is 1. The van der Waals surface area contributed by atoms with Gasteiger partial charge in [0.2, 0.25) is 0 Å². The van der Waals surface area contributed by atoms with Gasteiger partial charge in [-0.1, -0.05) is 33.3 Å². The Kier molecular flexibility index (Phi) is 3.98. The Balaban J connectivity index is 2.15. The number of allylic oxidation sites excluding steroid dienone is 2. The Morgan fingerprint density at radius 2 is 2.00 bits per heavy atom. The molecule has 2 rings (SSSR count). The van der Waals surface area contributed by atoms with Crippen LogP contribution in [0.5, 0.6) is 0 Å². The second-order valence-electron chi connectivity index (χ2n) is 5.59. The van der Waals surface area contributed by atoms with E-state index >= 15 is 0 Å². The number of hydrogen-bond donors (Lipinski definition) is 0. The molecule has 1 aliphatic rings. The van der Waals surface area contributed by atoms with Gasteiger partial charge in [-0.15, -0.1) is 0 Å². The topological polar surface area (TPSA) is 12.9 Å². The smallest absolute Gasteiger partial charge is 0.0273 e. The molecule has 0 aliphatic heterocycles. The minimum atomic E-state index is 0.781. The number of nitrogens with zero attached hydrogens (tertiary/aromatic N) is 1. The quantitative estimate of drug-likeness (QED) is 0.737. The predicted molar refractivity (Wildman–Crippen MR) is 73.6 cm³/mol. The maximum Gasteiger partial charge on any atom is 0.0273 e. The first-order valence-electron chi connectivity index (χ1n) is 6.81. The molecule has 2 atom stereocenters. The lowest BCUT2D eigenvalue weighted by Gasteiger charge is -2.19. The normalized spacial score (nSPS) is 24.1. The molecule has 0 bridgehead atoms. The average molecular weight is 229 g/mol. The second-order valence-corrected chi connectivity index (χ2v) is 5.59. The van der Waals surface area contributed by atoms with E-state index in [1.54, 1.807) is 0 Å². The summed E-state index contributed by atoms with van der Waals surface area (Å²) >= 11 is 0. The Morgan fingerprint density at radius 1 is 1.29 bits per heavy atom. The van der Waals surface area contributed by atoms with Crippen molar-refractivity contribution in [2.24, 2.45) is 17.8 Å². The van der Waals surface area contributed by atoms with E-state index < -0.39 is 0 Å². The van der Waals surface area contributed by atoms with Crippen molar-refractivity contribution >= 4 is 5.57 Å². The summed E-state index contributed by atoms with van der Waals surface area (Å²) < 4.78 is 0. The zero-order valence-electron chi connectivity index (χ0n) is 11.2. The summed E-state index contributed by atoms with van der Waals surface area (Å²) in [6.07, 6.45) is 10.2. The van der Waals surface area contributed by atoms with E-state index in [0.717, 1.165) is 17.8 Å². The van der Waals surface area contributed by atoms with Gasteiger partial charge < -0.3 is 0 Å². The molecule has 0 amide bonds. The van der Waals surface area contributed by atoms with Crippen molar-refractivity contribution in [3.05, 3.63) is 36.2 Å². The number of hydrogen-bond acceptors (Lipinski definition) is 1. The van der Waals surface area contributed by atoms with Crippen LogP contribution >= 0.6 is 0 Å². The summed E-state index contributed by atoms with van der Waals surface area (Å²) in [6, 6.07) is 4.27. The molecule has 1 heteroatoms.